The average molecular weight is 457 g/mol. The van der Waals surface area contributed by atoms with E-state index in [0.29, 0.717) is 29.0 Å². The SMILES string of the molecule is Cc1nnn(-c2ccc(C(F)F)cc2)c1COc1ccc(N2CCN3CCOC[C@@H]3C2)nn1. The van der Waals surface area contributed by atoms with E-state index in [4.69, 9.17) is 9.47 Å². The van der Waals surface area contributed by atoms with Gasteiger partial charge in [0.05, 0.1) is 30.6 Å². The summed E-state index contributed by atoms with van der Waals surface area (Å²) in [5.74, 6) is 1.20. The van der Waals surface area contributed by atoms with Crippen molar-refractivity contribution >= 4 is 5.82 Å². The largest absolute Gasteiger partial charge is 0.470 e. The molecule has 5 rings (SSSR count). The molecule has 11 heteroatoms. The van der Waals surface area contributed by atoms with Gasteiger partial charge >= 0.3 is 0 Å². The van der Waals surface area contributed by atoms with Gasteiger partial charge in [0.15, 0.2) is 5.82 Å². The molecule has 0 N–H and O–H groups in total. The van der Waals surface area contributed by atoms with Crippen LogP contribution in [0, 0.1) is 6.92 Å². The topological polar surface area (TPSA) is 81.4 Å². The lowest BCUT2D eigenvalue weighted by Gasteiger charge is -2.43. The summed E-state index contributed by atoms with van der Waals surface area (Å²) in [5, 5.41) is 16.8. The third-order valence-electron chi connectivity index (χ3n) is 6.09. The zero-order valence-corrected chi connectivity index (χ0v) is 18.3. The van der Waals surface area contributed by atoms with E-state index in [1.165, 1.54) is 12.1 Å². The second-order valence-electron chi connectivity index (χ2n) is 8.15. The normalized spacial score (nSPS) is 19.0. The third-order valence-corrected chi connectivity index (χ3v) is 6.09. The molecule has 0 aliphatic carbocycles. The second kappa shape index (κ2) is 9.36. The molecule has 0 amide bonds. The van der Waals surface area contributed by atoms with E-state index in [1.54, 1.807) is 22.9 Å². The number of halogens is 2. The number of piperazine rings is 1. The minimum absolute atomic E-state index is 0.0406. The Morgan fingerprint density at radius 3 is 2.67 bits per heavy atom. The van der Waals surface area contributed by atoms with E-state index in [-0.39, 0.29) is 12.2 Å². The van der Waals surface area contributed by atoms with Crippen LogP contribution in [0.3, 0.4) is 0 Å². The number of fused-ring (bicyclic) bond motifs is 1. The molecule has 4 heterocycles. The van der Waals surface area contributed by atoms with Crippen molar-refractivity contribution < 1.29 is 18.3 Å². The number of aryl methyl sites for hydroxylation is 1. The van der Waals surface area contributed by atoms with Crippen LogP contribution in [0.4, 0.5) is 14.6 Å². The van der Waals surface area contributed by atoms with Crippen molar-refractivity contribution in [2.24, 2.45) is 0 Å². The number of benzene rings is 1. The van der Waals surface area contributed by atoms with Gasteiger partial charge in [0.2, 0.25) is 5.88 Å². The smallest absolute Gasteiger partial charge is 0.263 e. The first-order valence-electron chi connectivity index (χ1n) is 10.9. The molecule has 0 spiro atoms. The van der Waals surface area contributed by atoms with E-state index in [9.17, 15) is 8.78 Å². The van der Waals surface area contributed by atoms with E-state index in [0.717, 1.165) is 45.2 Å². The number of hydrogen-bond donors (Lipinski definition) is 0. The summed E-state index contributed by atoms with van der Waals surface area (Å²) >= 11 is 0. The molecule has 2 fully saturated rings. The lowest BCUT2D eigenvalue weighted by Crippen LogP contribution is -2.58. The Kier molecular flexibility index (Phi) is 6.14. The Bertz CT molecular complexity index is 1080. The van der Waals surface area contributed by atoms with Crippen molar-refractivity contribution in [3.63, 3.8) is 0 Å². The maximum atomic E-state index is 12.8. The number of aromatic nitrogens is 5. The molecule has 0 saturated carbocycles. The van der Waals surface area contributed by atoms with Gasteiger partial charge in [-0.3, -0.25) is 4.90 Å². The fourth-order valence-corrected chi connectivity index (χ4v) is 4.17. The number of alkyl halides is 2. The number of anilines is 1. The van der Waals surface area contributed by atoms with Crippen molar-refractivity contribution in [1.82, 2.24) is 30.1 Å². The zero-order chi connectivity index (χ0) is 22.8. The highest BCUT2D eigenvalue weighted by molar-refractivity contribution is 5.40. The monoisotopic (exact) mass is 457 g/mol. The lowest BCUT2D eigenvalue weighted by atomic mass is 10.1. The molecule has 1 aromatic carbocycles. The molecule has 2 aliphatic heterocycles. The van der Waals surface area contributed by atoms with Crippen LogP contribution in [0.2, 0.25) is 0 Å². The van der Waals surface area contributed by atoms with Gasteiger partial charge in [-0.25, -0.2) is 13.5 Å². The Labute approximate surface area is 189 Å². The van der Waals surface area contributed by atoms with Crippen LogP contribution >= 0.6 is 0 Å². The molecular weight excluding hydrogens is 432 g/mol. The zero-order valence-electron chi connectivity index (χ0n) is 18.3. The third kappa shape index (κ3) is 4.64. The van der Waals surface area contributed by atoms with Crippen molar-refractivity contribution in [2.45, 2.75) is 26.0 Å². The quantitative estimate of drug-likeness (QED) is 0.558. The summed E-state index contributed by atoms with van der Waals surface area (Å²) < 4.78 is 38.7. The molecular formula is C22H25F2N7O2. The summed E-state index contributed by atoms with van der Waals surface area (Å²) in [7, 11) is 0. The first-order valence-corrected chi connectivity index (χ1v) is 10.9. The summed E-state index contributed by atoms with van der Waals surface area (Å²) in [6, 6.07) is 10.0. The maximum absolute atomic E-state index is 12.8. The van der Waals surface area contributed by atoms with Gasteiger partial charge in [0, 0.05) is 37.8 Å². The number of hydrogen-bond acceptors (Lipinski definition) is 8. The predicted molar refractivity (Wildman–Crippen MR) is 116 cm³/mol. The molecule has 33 heavy (non-hydrogen) atoms. The number of ether oxygens (including phenoxy) is 2. The minimum atomic E-state index is -2.51. The second-order valence-corrected chi connectivity index (χ2v) is 8.15. The van der Waals surface area contributed by atoms with Crippen LogP contribution in [-0.4, -0.2) is 75.5 Å². The molecule has 3 aromatic rings. The van der Waals surface area contributed by atoms with E-state index < -0.39 is 6.43 Å². The van der Waals surface area contributed by atoms with Crippen LogP contribution < -0.4 is 9.64 Å². The van der Waals surface area contributed by atoms with Crippen molar-refractivity contribution in [3.8, 4) is 11.6 Å². The highest BCUT2D eigenvalue weighted by Gasteiger charge is 2.30. The molecule has 9 nitrogen and oxygen atoms in total. The molecule has 0 radical (unpaired) electrons. The summed E-state index contributed by atoms with van der Waals surface area (Å²) in [4.78, 5) is 4.68. The highest BCUT2D eigenvalue weighted by Crippen LogP contribution is 2.23. The molecule has 2 aromatic heterocycles. The van der Waals surface area contributed by atoms with E-state index in [1.807, 2.05) is 13.0 Å². The standard InChI is InChI=1S/C22H25F2N7O2/c1-15-19(31(28-25-15)17-4-2-16(3-5-17)22(23)24)14-33-21-7-6-20(26-27-21)30-9-8-29-10-11-32-13-18(29)12-30/h2-7,18,22H,8-14H2,1H3/t18-/m0/s1. The van der Waals surface area contributed by atoms with Crippen LogP contribution in [0.25, 0.3) is 5.69 Å². The molecule has 0 bridgehead atoms. The van der Waals surface area contributed by atoms with Gasteiger partial charge in [-0.15, -0.1) is 15.3 Å². The number of nitrogens with zero attached hydrogens (tertiary/aromatic N) is 7. The van der Waals surface area contributed by atoms with Crippen LogP contribution in [0.5, 0.6) is 5.88 Å². The van der Waals surface area contributed by atoms with E-state index >= 15 is 0 Å². The fraction of sp³-hybridized carbons (Fsp3) is 0.455. The van der Waals surface area contributed by atoms with Crippen LogP contribution in [0.1, 0.15) is 23.4 Å². The first kappa shape index (κ1) is 21.7. The van der Waals surface area contributed by atoms with Gasteiger partial charge in [-0.1, -0.05) is 17.3 Å². The lowest BCUT2D eigenvalue weighted by molar-refractivity contribution is -0.0118. The van der Waals surface area contributed by atoms with Crippen molar-refractivity contribution in [2.75, 3.05) is 44.3 Å². The van der Waals surface area contributed by atoms with Crippen molar-refractivity contribution in [1.29, 1.82) is 0 Å². The van der Waals surface area contributed by atoms with E-state index in [2.05, 4.69) is 30.3 Å². The molecule has 2 aliphatic rings. The summed E-state index contributed by atoms with van der Waals surface area (Å²) in [5.41, 5.74) is 1.98. The fourth-order valence-electron chi connectivity index (χ4n) is 4.17. The molecule has 2 saturated heterocycles. The minimum Gasteiger partial charge on any atom is -0.470 e. The Hall–Kier alpha value is -3.18. The average Bonchev–Trinajstić information content (AvgIpc) is 3.23. The highest BCUT2D eigenvalue weighted by atomic mass is 19.3. The predicted octanol–water partition coefficient (Wildman–Crippen LogP) is 2.40. The van der Waals surface area contributed by atoms with Crippen LogP contribution in [0.15, 0.2) is 36.4 Å². The number of morpholine rings is 1. The first-order chi connectivity index (χ1) is 16.1. The van der Waals surface area contributed by atoms with Gasteiger partial charge in [-0.05, 0) is 25.1 Å². The van der Waals surface area contributed by atoms with Gasteiger partial charge in [0.1, 0.15) is 12.3 Å². The van der Waals surface area contributed by atoms with Crippen LogP contribution in [-0.2, 0) is 11.3 Å². The summed E-state index contributed by atoms with van der Waals surface area (Å²) in [6.07, 6.45) is -2.51. The Balaban J connectivity index is 1.24. The van der Waals surface area contributed by atoms with Crippen molar-refractivity contribution in [3.05, 3.63) is 53.3 Å². The Morgan fingerprint density at radius 2 is 1.91 bits per heavy atom. The molecule has 0 unspecified atom stereocenters. The maximum Gasteiger partial charge on any atom is 0.263 e. The van der Waals surface area contributed by atoms with Gasteiger partial charge in [-0.2, -0.15) is 0 Å². The Morgan fingerprint density at radius 1 is 1.06 bits per heavy atom. The van der Waals surface area contributed by atoms with Gasteiger partial charge < -0.3 is 14.4 Å². The van der Waals surface area contributed by atoms with Gasteiger partial charge in [0.25, 0.3) is 6.43 Å². The molecule has 174 valence electrons. The molecule has 1 atom stereocenters. The summed E-state index contributed by atoms with van der Waals surface area (Å²) in [6.45, 7) is 7.28. The number of rotatable bonds is 6.